The van der Waals surface area contributed by atoms with E-state index >= 15 is 0 Å². The minimum Gasteiger partial charge on any atom is -0.481 e. The largest absolute Gasteiger partial charge is 0.481 e. The summed E-state index contributed by atoms with van der Waals surface area (Å²) < 4.78 is 5.39. The monoisotopic (exact) mass is 248 g/mol. The minimum absolute atomic E-state index is 0.151. The Kier molecular flexibility index (Phi) is 3.71. The zero-order valence-corrected chi connectivity index (χ0v) is 11.0. The smallest absolute Gasteiger partial charge is 0.303 e. The van der Waals surface area contributed by atoms with E-state index in [0.717, 1.165) is 19.4 Å². The summed E-state index contributed by atoms with van der Waals surface area (Å²) in [5.41, 5.74) is 3.69. The molecule has 18 heavy (non-hydrogen) atoms. The molecule has 0 radical (unpaired) electrons. The van der Waals surface area contributed by atoms with Gasteiger partial charge in [-0.25, -0.2) is 0 Å². The Morgan fingerprint density at radius 1 is 1.33 bits per heavy atom. The molecule has 3 nitrogen and oxygen atoms in total. The topological polar surface area (TPSA) is 46.5 Å². The van der Waals surface area contributed by atoms with Gasteiger partial charge in [0.1, 0.15) is 0 Å². The number of carbonyl (C=O) groups is 1. The third-order valence-corrected chi connectivity index (χ3v) is 3.51. The number of hydrogen-bond donors (Lipinski definition) is 1. The number of fused-ring (bicyclic) bond motifs is 1. The lowest BCUT2D eigenvalue weighted by molar-refractivity contribution is -0.139. The number of aryl methyl sites for hydroxylation is 1. The van der Waals surface area contributed by atoms with Crippen molar-refractivity contribution in [3.05, 3.63) is 34.9 Å². The van der Waals surface area contributed by atoms with E-state index in [2.05, 4.69) is 18.2 Å². The van der Waals surface area contributed by atoms with Gasteiger partial charge in [0.25, 0.3) is 0 Å². The molecule has 2 rings (SSSR count). The third-order valence-electron chi connectivity index (χ3n) is 3.51. The first kappa shape index (κ1) is 13.1. The maximum atomic E-state index is 10.8. The molecule has 0 unspecified atom stereocenters. The number of benzene rings is 1. The molecule has 0 aromatic heterocycles. The Balaban J connectivity index is 1.96. The Labute approximate surface area is 108 Å². The van der Waals surface area contributed by atoms with E-state index in [4.69, 9.17) is 9.84 Å². The van der Waals surface area contributed by atoms with Gasteiger partial charge in [-0.2, -0.15) is 0 Å². The van der Waals surface area contributed by atoms with Crippen LogP contribution < -0.4 is 0 Å². The SMILES string of the molecule is CC(C)(CCc1ccc2c(c1)COC2)CC(=O)O. The van der Waals surface area contributed by atoms with Gasteiger partial charge in [0.05, 0.1) is 19.6 Å². The van der Waals surface area contributed by atoms with Crippen LogP contribution in [0.3, 0.4) is 0 Å². The molecule has 1 N–H and O–H groups in total. The van der Waals surface area contributed by atoms with Crippen molar-refractivity contribution in [3.8, 4) is 0 Å². The molecule has 0 saturated heterocycles. The number of carboxylic acid groups (broad SMARTS) is 1. The number of rotatable bonds is 5. The highest BCUT2D eigenvalue weighted by Gasteiger charge is 2.21. The van der Waals surface area contributed by atoms with E-state index in [1.807, 2.05) is 13.8 Å². The first-order chi connectivity index (χ1) is 8.46. The summed E-state index contributed by atoms with van der Waals surface area (Å²) in [7, 11) is 0. The van der Waals surface area contributed by atoms with Crippen molar-refractivity contribution in [1.29, 1.82) is 0 Å². The standard InChI is InChI=1S/C15H20O3/c1-15(2,8-14(16)17)6-5-11-3-4-12-9-18-10-13(12)7-11/h3-4,7H,5-6,8-10H2,1-2H3,(H,16,17). The van der Waals surface area contributed by atoms with Crippen LogP contribution in [0.15, 0.2) is 18.2 Å². The molecular weight excluding hydrogens is 228 g/mol. The van der Waals surface area contributed by atoms with Crippen molar-refractivity contribution in [2.75, 3.05) is 0 Å². The second kappa shape index (κ2) is 5.11. The summed E-state index contributed by atoms with van der Waals surface area (Å²) in [5.74, 6) is -0.720. The predicted molar refractivity (Wildman–Crippen MR) is 69.3 cm³/mol. The second-order valence-electron chi connectivity index (χ2n) is 5.83. The van der Waals surface area contributed by atoms with Crippen LogP contribution in [0, 0.1) is 5.41 Å². The quantitative estimate of drug-likeness (QED) is 0.870. The summed E-state index contributed by atoms with van der Waals surface area (Å²) in [5, 5.41) is 8.86. The van der Waals surface area contributed by atoms with Crippen molar-refractivity contribution in [2.24, 2.45) is 5.41 Å². The highest BCUT2D eigenvalue weighted by Crippen LogP contribution is 2.28. The zero-order chi connectivity index (χ0) is 13.2. The van der Waals surface area contributed by atoms with Gasteiger partial charge in [0.15, 0.2) is 0 Å². The number of hydrogen-bond acceptors (Lipinski definition) is 2. The van der Waals surface area contributed by atoms with E-state index < -0.39 is 5.97 Å². The highest BCUT2D eigenvalue weighted by molar-refractivity contribution is 5.67. The molecule has 1 aliphatic heterocycles. The fraction of sp³-hybridized carbons (Fsp3) is 0.533. The first-order valence-electron chi connectivity index (χ1n) is 6.36. The maximum Gasteiger partial charge on any atom is 0.303 e. The van der Waals surface area contributed by atoms with E-state index in [-0.39, 0.29) is 11.8 Å². The van der Waals surface area contributed by atoms with Gasteiger partial charge in [0.2, 0.25) is 0 Å². The van der Waals surface area contributed by atoms with Gasteiger partial charge in [-0.1, -0.05) is 32.0 Å². The van der Waals surface area contributed by atoms with Gasteiger partial charge in [-0.3, -0.25) is 4.79 Å². The maximum absolute atomic E-state index is 10.8. The number of carboxylic acids is 1. The molecule has 0 amide bonds. The lowest BCUT2D eigenvalue weighted by Crippen LogP contribution is -2.17. The van der Waals surface area contributed by atoms with E-state index in [1.54, 1.807) is 0 Å². The van der Waals surface area contributed by atoms with E-state index in [0.29, 0.717) is 6.61 Å². The Morgan fingerprint density at radius 2 is 2.06 bits per heavy atom. The van der Waals surface area contributed by atoms with Crippen LogP contribution in [-0.4, -0.2) is 11.1 Å². The fourth-order valence-corrected chi connectivity index (χ4v) is 2.36. The Morgan fingerprint density at radius 3 is 2.78 bits per heavy atom. The summed E-state index contributed by atoms with van der Waals surface area (Å²) >= 11 is 0. The molecule has 1 heterocycles. The zero-order valence-electron chi connectivity index (χ0n) is 11.0. The molecule has 0 spiro atoms. The normalized spacial score (nSPS) is 14.6. The molecule has 0 saturated carbocycles. The van der Waals surface area contributed by atoms with Gasteiger partial charge in [-0.05, 0) is 34.9 Å². The van der Waals surface area contributed by atoms with E-state index in [1.165, 1.54) is 16.7 Å². The van der Waals surface area contributed by atoms with Crippen LogP contribution in [0.1, 0.15) is 43.4 Å². The predicted octanol–water partition coefficient (Wildman–Crippen LogP) is 3.15. The van der Waals surface area contributed by atoms with Crippen LogP contribution in [0.25, 0.3) is 0 Å². The molecule has 1 aliphatic rings. The van der Waals surface area contributed by atoms with Crippen LogP contribution in [-0.2, 0) is 29.2 Å². The van der Waals surface area contributed by atoms with Crippen molar-refractivity contribution >= 4 is 5.97 Å². The molecule has 98 valence electrons. The molecule has 3 heteroatoms. The fourth-order valence-electron chi connectivity index (χ4n) is 2.36. The van der Waals surface area contributed by atoms with Crippen LogP contribution in [0.2, 0.25) is 0 Å². The summed E-state index contributed by atoms with van der Waals surface area (Å²) in [6.45, 7) is 5.46. The second-order valence-corrected chi connectivity index (χ2v) is 5.83. The first-order valence-corrected chi connectivity index (χ1v) is 6.36. The van der Waals surface area contributed by atoms with Crippen molar-refractivity contribution in [1.82, 2.24) is 0 Å². The molecule has 0 aliphatic carbocycles. The minimum atomic E-state index is -0.720. The average Bonchev–Trinajstić information content (AvgIpc) is 2.71. The third kappa shape index (κ3) is 3.33. The molecular formula is C15H20O3. The van der Waals surface area contributed by atoms with Crippen LogP contribution >= 0.6 is 0 Å². The molecule has 1 aromatic rings. The van der Waals surface area contributed by atoms with E-state index in [9.17, 15) is 4.79 Å². The van der Waals surface area contributed by atoms with Crippen LogP contribution in [0.5, 0.6) is 0 Å². The van der Waals surface area contributed by atoms with Crippen molar-refractivity contribution in [3.63, 3.8) is 0 Å². The van der Waals surface area contributed by atoms with Gasteiger partial charge < -0.3 is 9.84 Å². The van der Waals surface area contributed by atoms with Crippen molar-refractivity contribution in [2.45, 2.75) is 46.3 Å². The van der Waals surface area contributed by atoms with Crippen molar-refractivity contribution < 1.29 is 14.6 Å². The highest BCUT2D eigenvalue weighted by atomic mass is 16.5. The Hall–Kier alpha value is -1.35. The lowest BCUT2D eigenvalue weighted by atomic mass is 9.83. The van der Waals surface area contributed by atoms with Gasteiger partial charge in [0, 0.05) is 0 Å². The summed E-state index contributed by atoms with van der Waals surface area (Å²) in [4.78, 5) is 10.8. The Bertz CT molecular complexity index is 449. The number of ether oxygens (including phenoxy) is 1. The lowest BCUT2D eigenvalue weighted by Gasteiger charge is -2.22. The average molecular weight is 248 g/mol. The summed E-state index contributed by atoms with van der Waals surface area (Å²) in [6.07, 6.45) is 2.04. The van der Waals surface area contributed by atoms with Gasteiger partial charge in [-0.15, -0.1) is 0 Å². The van der Waals surface area contributed by atoms with Gasteiger partial charge >= 0.3 is 5.97 Å². The molecule has 0 fully saturated rings. The van der Waals surface area contributed by atoms with Crippen LogP contribution in [0.4, 0.5) is 0 Å². The molecule has 0 bridgehead atoms. The molecule has 0 atom stereocenters. The number of aliphatic carboxylic acids is 1. The summed E-state index contributed by atoms with van der Waals surface area (Å²) in [6, 6.07) is 6.45. The molecule has 1 aromatic carbocycles.